The summed E-state index contributed by atoms with van der Waals surface area (Å²) < 4.78 is 5.16. The molecule has 1 N–H and O–H groups in total. The molecule has 104 valence electrons. The van der Waals surface area contributed by atoms with Gasteiger partial charge in [-0.25, -0.2) is 0 Å². The van der Waals surface area contributed by atoms with Gasteiger partial charge in [-0.15, -0.1) is 0 Å². The van der Waals surface area contributed by atoms with E-state index >= 15 is 0 Å². The van der Waals surface area contributed by atoms with Crippen molar-refractivity contribution in [3.8, 4) is 11.3 Å². The molecule has 2 heterocycles. The number of aliphatic hydroxyl groups excluding tert-OH is 1. The lowest BCUT2D eigenvalue weighted by molar-refractivity contribution is 0.0512. The second-order valence-corrected chi connectivity index (χ2v) is 4.97. The van der Waals surface area contributed by atoms with Gasteiger partial charge in [0.1, 0.15) is 5.69 Å². The Morgan fingerprint density at radius 3 is 2.65 bits per heavy atom. The van der Waals surface area contributed by atoms with Gasteiger partial charge in [-0.05, 0) is 12.8 Å². The number of amides is 1. The molecule has 0 bridgehead atoms. The molecule has 0 radical (unpaired) electrons. The molecular weight excluding hydrogens is 256 g/mol. The van der Waals surface area contributed by atoms with E-state index in [1.807, 2.05) is 30.3 Å². The van der Waals surface area contributed by atoms with E-state index in [0.29, 0.717) is 31.6 Å². The number of nitrogens with zero attached hydrogens (tertiary/aromatic N) is 2. The van der Waals surface area contributed by atoms with Crippen molar-refractivity contribution in [1.29, 1.82) is 0 Å². The number of carbonyl (C=O) groups is 1. The highest BCUT2D eigenvalue weighted by atomic mass is 16.5. The number of aliphatic hydroxyl groups is 1. The van der Waals surface area contributed by atoms with Gasteiger partial charge in [0.25, 0.3) is 5.91 Å². The van der Waals surface area contributed by atoms with Gasteiger partial charge in [-0.1, -0.05) is 35.5 Å². The van der Waals surface area contributed by atoms with Crippen molar-refractivity contribution >= 4 is 5.91 Å². The molecule has 2 aromatic rings. The Bertz CT molecular complexity index is 586. The van der Waals surface area contributed by atoms with E-state index in [-0.39, 0.29) is 17.8 Å². The average molecular weight is 272 g/mol. The van der Waals surface area contributed by atoms with E-state index in [0.717, 1.165) is 5.56 Å². The fourth-order valence-corrected chi connectivity index (χ4v) is 2.35. The van der Waals surface area contributed by atoms with Crippen LogP contribution in [0.4, 0.5) is 0 Å². The van der Waals surface area contributed by atoms with Crippen molar-refractivity contribution in [3.63, 3.8) is 0 Å². The fraction of sp³-hybridized carbons (Fsp3) is 0.333. The monoisotopic (exact) mass is 272 g/mol. The smallest absolute Gasteiger partial charge is 0.292 e. The Hall–Kier alpha value is -2.14. The Morgan fingerprint density at radius 1 is 1.25 bits per heavy atom. The molecule has 1 aromatic heterocycles. The molecule has 0 spiro atoms. The summed E-state index contributed by atoms with van der Waals surface area (Å²) in [6.07, 6.45) is 0.935. The summed E-state index contributed by atoms with van der Waals surface area (Å²) in [5, 5.41) is 13.4. The predicted octanol–water partition coefficient (Wildman–Crippen LogP) is 1.94. The number of piperidine rings is 1. The van der Waals surface area contributed by atoms with Gasteiger partial charge in [0.15, 0.2) is 0 Å². The first kappa shape index (κ1) is 12.9. The standard InChI is InChI=1S/C15H16N2O3/c18-12-6-8-17(9-7-12)15(19)14-10-13(16-20-14)11-4-2-1-3-5-11/h1-5,10,12,18H,6-9H2. The summed E-state index contributed by atoms with van der Waals surface area (Å²) in [4.78, 5) is 14.0. The highest BCUT2D eigenvalue weighted by Crippen LogP contribution is 2.20. The predicted molar refractivity (Wildman–Crippen MR) is 73.1 cm³/mol. The molecular formula is C15H16N2O3. The summed E-state index contributed by atoms with van der Waals surface area (Å²) in [7, 11) is 0. The van der Waals surface area contributed by atoms with E-state index in [4.69, 9.17) is 4.52 Å². The lowest BCUT2D eigenvalue weighted by Crippen LogP contribution is -2.39. The van der Waals surface area contributed by atoms with Crippen molar-refractivity contribution in [2.75, 3.05) is 13.1 Å². The second-order valence-electron chi connectivity index (χ2n) is 4.97. The molecule has 1 aromatic carbocycles. The highest BCUT2D eigenvalue weighted by Gasteiger charge is 2.25. The zero-order chi connectivity index (χ0) is 13.9. The maximum atomic E-state index is 12.3. The second kappa shape index (κ2) is 5.46. The van der Waals surface area contributed by atoms with Crippen LogP contribution in [0.3, 0.4) is 0 Å². The lowest BCUT2D eigenvalue weighted by Gasteiger charge is -2.28. The minimum absolute atomic E-state index is 0.161. The summed E-state index contributed by atoms with van der Waals surface area (Å²) in [5.41, 5.74) is 1.58. The molecule has 0 aliphatic carbocycles. The molecule has 5 nitrogen and oxygen atoms in total. The van der Waals surface area contributed by atoms with Gasteiger partial charge in [-0.3, -0.25) is 4.79 Å². The summed E-state index contributed by atoms with van der Waals surface area (Å²) in [5.74, 6) is 0.0897. The van der Waals surface area contributed by atoms with Crippen molar-refractivity contribution in [2.45, 2.75) is 18.9 Å². The fourth-order valence-electron chi connectivity index (χ4n) is 2.35. The van der Waals surface area contributed by atoms with Crippen LogP contribution < -0.4 is 0 Å². The molecule has 5 heteroatoms. The van der Waals surface area contributed by atoms with Gasteiger partial charge < -0.3 is 14.5 Å². The molecule has 0 saturated carbocycles. The summed E-state index contributed by atoms with van der Waals surface area (Å²) in [6.45, 7) is 1.11. The largest absolute Gasteiger partial charge is 0.393 e. The van der Waals surface area contributed by atoms with Crippen LogP contribution in [-0.4, -0.2) is 40.3 Å². The molecule has 20 heavy (non-hydrogen) atoms. The third kappa shape index (κ3) is 2.58. The van der Waals surface area contributed by atoms with Crippen LogP contribution >= 0.6 is 0 Å². The van der Waals surface area contributed by atoms with E-state index in [1.165, 1.54) is 0 Å². The van der Waals surface area contributed by atoms with Crippen LogP contribution in [-0.2, 0) is 0 Å². The molecule has 1 saturated heterocycles. The van der Waals surface area contributed by atoms with E-state index < -0.39 is 0 Å². The highest BCUT2D eigenvalue weighted by molar-refractivity contribution is 5.92. The molecule has 1 aliphatic rings. The van der Waals surface area contributed by atoms with Gasteiger partial charge in [0.2, 0.25) is 5.76 Å². The number of aromatic nitrogens is 1. The molecule has 1 amide bonds. The van der Waals surface area contributed by atoms with Crippen LogP contribution in [0.15, 0.2) is 40.9 Å². The number of hydrogen-bond donors (Lipinski definition) is 1. The van der Waals surface area contributed by atoms with Crippen molar-refractivity contribution in [1.82, 2.24) is 10.1 Å². The molecule has 0 atom stereocenters. The molecule has 3 rings (SSSR count). The van der Waals surface area contributed by atoms with Gasteiger partial charge in [0, 0.05) is 24.7 Å². The topological polar surface area (TPSA) is 66.6 Å². The third-order valence-corrected chi connectivity index (χ3v) is 3.54. The summed E-state index contributed by atoms with van der Waals surface area (Å²) in [6, 6.07) is 11.3. The minimum Gasteiger partial charge on any atom is -0.393 e. The van der Waals surface area contributed by atoms with Crippen molar-refractivity contribution in [3.05, 3.63) is 42.2 Å². The van der Waals surface area contributed by atoms with Gasteiger partial charge in [-0.2, -0.15) is 0 Å². The van der Waals surface area contributed by atoms with Crippen LogP contribution in [0, 0.1) is 0 Å². The summed E-state index contributed by atoms with van der Waals surface area (Å²) >= 11 is 0. The van der Waals surface area contributed by atoms with Gasteiger partial charge >= 0.3 is 0 Å². The zero-order valence-electron chi connectivity index (χ0n) is 11.0. The number of rotatable bonds is 2. The minimum atomic E-state index is -0.298. The zero-order valence-corrected chi connectivity index (χ0v) is 11.0. The quantitative estimate of drug-likeness (QED) is 0.907. The maximum Gasteiger partial charge on any atom is 0.292 e. The first-order chi connectivity index (χ1) is 9.74. The number of likely N-dealkylation sites (tertiary alicyclic amines) is 1. The van der Waals surface area contributed by atoms with Crippen LogP contribution in [0.5, 0.6) is 0 Å². The first-order valence-corrected chi connectivity index (χ1v) is 6.73. The van der Waals surface area contributed by atoms with Crippen LogP contribution in [0.25, 0.3) is 11.3 Å². The molecule has 1 aliphatic heterocycles. The molecule has 0 unspecified atom stereocenters. The Balaban J connectivity index is 1.75. The van der Waals surface area contributed by atoms with E-state index in [1.54, 1.807) is 11.0 Å². The number of benzene rings is 1. The van der Waals surface area contributed by atoms with Crippen LogP contribution in [0.2, 0.25) is 0 Å². The Kier molecular flexibility index (Phi) is 3.52. The maximum absolute atomic E-state index is 12.3. The first-order valence-electron chi connectivity index (χ1n) is 6.73. The average Bonchev–Trinajstić information content (AvgIpc) is 2.98. The number of carbonyl (C=O) groups excluding carboxylic acids is 1. The van der Waals surface area contributed by atoms with Crippen molar-refractivity contribution in [2.24, 2.45) is 0 Å². The van der Waals surface area contributed by atoms with Crippen LogP contribution in [0.1, 0.15) is 23.4 Å². The van der Waals surface area contributed by atoms with E-state index in [2.05, 4.69) is 5.16 Å². The SMILES string of the molecule is O=C(c1cc(-c2ccccc2)no1)N1CCC(O)CC1. The Morgan fingerprint density at radius 2 is 1.95 bits per heavy atom. The normalized spacial score (nSPS) is 16.4. The lowest BCUT2D eigenvalue weighted by atomic mass is 10.1. The van der Waals surface area contributed by atoms with Gasteiger partial charge in [0.05, 0.1) is 6.10 Å². The third-order valence-electron chi connectivity index (χ3n) is 3.54. The Labute approximate surface area is 116 Å². The van der Waals surface area contributed by atoms with Crippen molar-refractivity contribution < 1.29 is 14.4 Å². The number of hydrogen-bond acceptors (Lipinski definition) is 4. The van der Waals surface area contributed by atoms with E-state index in [9.17, 15) is 9.90 Å². The molecule has 1 fully saturated rings.